The van der Waals surface area contributed by atoms with Crippen LogP contribution < -0.4 is 5.32 Å². The molecule has 2 nitrogen and oxygen atoms in total. The molecule has 0 fully saturated rings. The first kappa shape index (κ1) is 20.2. The van der Waals surface area contributed by atoms with E-state index in [-0.39, 0.29) is 0 Å². The minimum Gasteiger partial charge on any atom is -0.382 e. The van der Waals surface area contributed by atoms with E-state index in [9.17, 15) is 0 Å². The fraction of sp³-hybridized carbons (Fsp3) is 1.00. The first-order valence-corrected chi connectivity index (χ1v) is 8.11. The van der Waals surface area contributed by atoms with E-state index < -0.39 is 0 Å². The summed E-state index contributed by atoms with van der Waals surface area (Å²) in [5.74, 6) is 0. The van der Waals surface area contributed by atoms with Gasteiger partial charge in [-0.15, -0.1) is 0 Å². The van der Waals surface area contributed by atoms with Crippen LogP contribution in [0.25, 0.3) is 0 Å². The van der Waals surface area contributed by atoms with Crippen molar-refractivity contribution >= 4 is 0 Å². The third-order valence-electron chi connectivity index (χ3n) is 2.76. The standard InChI is InChI=1S/C10H23N.C6H14O/c1-3-5-7-9-11-10-8-6-4-2;1-3-5-6-7-4-2/h11H,3-10H2,1-2H3;3-6H2,1-2H3. The first-order valence-electron chi connectivity index (χ1n) is 8.11. The van der Waals surface area contributed by atoms with Crippen LogP contribution in [0.5, 0.6) is 0 Å². The molecule has 0 saturated heterocycles. The summed E-state index contributed by atoms with van der Waals surface area (Å²) in [7, 11) is 0. The topological polar surface area (TPSA) is 21.3 Å². The highest BCUT2D eigenvalue weighted by atomic mass is 16.5. The molecule has 2 heteroatoms. The van der Waals surface area contributed by atoms with Crippen molar-refractivity contribution < 1.29 is 4.74 Å². The highest BCUT2D eigenvalue weighted by Gasteiger charge is 1.87. The van der Waals surface area contributed by atoms with Crippen LogP contribution in [0.2, 0.25) is 0 Å². The Balaban J connectivity index is 0. The molecule has 0 aromatic heterocycles. The minimum atomic E-state index is 0.861. The zero-order chi connectivity index (χ0) is 13.9. The Morgan fingerprint density at radius 3 is 1.56 bits per heavy atom. The van der Waals surface area contributed by atoms with Crippen molar-refractivity contribution in [3.8, 4) is 0 Å². The molecule has 0 aliphatic heterocycles. The summed E-state index contributed by atoms with van der Waals surface area (Å²) in [6.45, 7) is 12.9. The summed E-state index contributed by atoms with van der Waals surface area (Å²) in [4.78, 5) is 0. The van der Waals surface area contributed by atoms with Crippen LogP contribution in [-0.4, -0.2) is 26.3 Å². The molecule has 0 radical (unpaired) electrons. The van der Waals surface area contributed by atoms with Gasteiger partial charge in [-0.2, -0.15) is 0 Å². The van der Waals surface area contributed by atoms with Crippen LogP contribution in [0, 0.1) is 0 Å². The van der Waals surface area contributed by atoms with Gasteiger partial charge in [0, 0.05) is 13.2 Å². The highest BCUT2D eigenvalue weighted by Crippen LogP contribution is 1.93. The van der Waals surface area contributed by atoms with E-state index >= 15 is 0 Å². The molecule has 0 heterocycles. The van der Waals surface area contributed by atoms with E-state index in [1.807, 2.05) is 6.92 Å². The van der Waals surface area contributed by atoms with Gasteiger partial charge in [0.1, 0.15) is 0 Å². The van der Waals surface area contributed by atoms with Crippen LogP contribution in [0.3, 0.4) is 0 Å². The molecule has 0 atom stereocenters. The molecule has 0 bridgehead atoms. The number of rotatable bonds is 12. The lowest BCUT2D eigenvalue weighted by atomic mass is 10.2. The van der Waals surface area contributed by atoms with E-state index in [0.717, 1.165) is 13.2 Å². The molecular weight excluding hydrogens is 222 g/mol. The van der Waals surface area contributed by atoms with E-state index in [2.05, 4.69) is 26.1 Å². The average molecular weight is 259 g/mol. The lowest BCUT2D eigenvalue weighted by molar-refractivity contribution is 0.144. The second-order valence-electron chi connectivity index (χ2n) is 4.71. The first-order chi connectivity index (χ1) is 8.83. The monoisotopic (exact) mass is 259 g/mol. The van der Waals surface area contributed by atoms with E-state index in [1.54, 1.807) is 0 Å². The third-order valence-corrected chi connectivity index (χ3v) is 2.76. The van der Waals surface area contributed by atoms with Crippen LogP contribution >= 0.6 is 0 Å². The van der Waals surface area contributed by atoms with Gasteiger partial charge in [0.15, 0.2) is 0 Å². The van der Waals surface area contributed by atoms with Crippen molar-refractivity contribution in [3.63, 3.8) is 0 Å². The van der Waals surface area contributed by atoms with Crippen molar-refractivity contribution in [2.75, 3.05) is 26.3 Å². The largest absolute Gasteiger partial charge is 0.382 e. The molecule has 0 aromatic carbocycles. The van der Waals surface area contributed by atoms with E-state index in [1.165, 1.54) is 64.5 Å². The summed E-state index contributed by atoms with van der Waals surface area (Å²) < 4.78 is 5.07. The zero-order valence-electron chi connectivity index (χ0n) is 13.4. The quantitative estimate of drug-likeness (QED) is 0.509. The number of nitrogens with one attached hydrogen (secondary N) is 1. The van der Waals surface area contributed by atoms with Crippen LogP contribution in [0.15, 0.2) is 0 Å². The maximum atomic E-state index is 5.07. The Labute approximate surface area is 116 Å². The molecule has 0 spiro atoms. The Morgan fingerprint density at radius 2 is 1.17 bits per heavy atom. The molecule has 0 aliphatic carbocycles. The normalized spacial score (nSPS) is 10.0. The fourth-order valence-electron chi connectivity index (χ4n) is 1.52. The van der Waals surface area contributed by atoms with Crippen LogP contribution in [-0.2, 0) is 4.74 Å². The summed E-state index contributed by atoms with van der Waals surface area (Å²) in [5.41, 5.74) is 0. The van der Waals surface area contributed by atoms with Crippen molar-refractivity contribution in [2.24, 2.45) is 0 Å². The molecule has 1 N–H and O–H groups in total. The fourth-order valence-corrected chi connectivity index (χ4v) is 1.52. The van der Waals surface area contributed by atoms with Crippen molar-refractivity contribution in [1.29, 1.82) is 0 Å². The number of unbranched alkanes of at least 4 members (excludes halogenated alkanes) is 5. The molecule has 0 aromatic rings. The van der Waals surface area contributed by atoms with Gasteiger partial charge < -0.3 is 10.1 Å². The van der Waals surface area contributed by atoms with Crippen molar-refractivity contribution in [2.45, 2.75) is 79.1 Å². The van der Waals surface area contributed by atoms with E-state index in [4.69, 9.17) is 4.74 Å². The van der Waals surface area contributed by atoms with Gasteiger partial charge in [-0.3, -0.25) is 0 Å². The van der Waals surface area contributed by atoms with Gasteiger partial charge in [0.05, 0.1) is 0 Å². The minimum absolute atomic E-state index is 0.861. The molecular formula is C16H37NO. The second-order valence-corrected chi connectivity index (χ2v) is 4.71. The van der Waals surface area contributed by atoms with E-state index in [0.29, 0.717) is 0 Å². The van der Waals surface area contributed by atoms with Crippen LogP contribution in [0.1, 0.15) is 79.1 Å². The van der Waals surface area contributed by atoms with Crippen molar-refractivity contribution in [1.82, 2.24) is 5.32 Å². The lowest BCUT2D eigenvalue weighted by Crippen LogP contribution is -2.16. The number of hydrogen-bond donors (Lipinski definition) is 1. The van der Waals surface area contributed by atoms with Crippen molar-refractivity contribution in [3.05, 3.63) is 0 Å². The maximum Gasteiger partial charge on any atom is 0.0465 e. The summed E-state index contributed by atoms with van der Waals surface area (Å²) in [5, 5.41) is 3.46. The summed E-state index contributed by atoms with van der Waals surface area (Å²) >= 11 is 0. The van der Waals surface area contributed by atoms with Crippen LogP contribution in [0.4, 0.5) is 0 Å². The van der Waals surface area contributed by atoms with Gasteiger partial charge in [-0.05, 0) is 39.3 Å². The molecule has 0 aliphatic rings. The Kier molecular flexibility index (Phi) is 24.9. The van der Waals surface area contributed by atoms with Gasteiger partial charge in [-0.1, -0.05) is 52.9 Å². The van der Waals surface area contributed by atoms with Gasteiger partial charge in [0.25, 0.3) is 0 Å². The zero-order valence-corrected chi connectivity index (χ0v) is 13.4. The molecule has 0 saturated carbocycles. The second kappa shape index (κ2) is 22.1. The third kappa shape index (κ3) is 24.9. The predicted octanol–water partition coefficient (Wildman–Crippen LogP) is 4.78. The predicted molar refractivity (Wildman–Crippen MR) is 83.3 cm³/mol. The Hall–Kier alpha value is -0.0800. The molecule has 18 heavy (non-hydrogen) atoms. The smallest absolute Gasteiger partial charge is 0.0465 e. The maximum absolute atomic E-state index is 5.07. The SMILES string of the molecule is CCCCCNCCCCC.CCCCOCC. The average Bonchev–Trinajstić information content (AvgIpc) is 2.39. The summed E-state index contributed by atoms with van der Waals surface area (Å²) in [6, 6.07) is 0. The Morgan fingerprint density at radius 1 is 0.667 bits per heavy atom. The number of hydrogen-bond acceptors (Lipinski definition) is 2. The molecule has 0 unspecified atom stereocenters. The van der Waals surface area contributed by atoms with Gasteiger partial charge >= 0.3 is 0 Å². The number of ether oxygens (including phenoxy) is 1. The van der Waals surface area contributed by atoms with Gasteiger partial charge in [0.2, 0.25) is 0 Å². The summed E-state index contributed by atoms with van der Waals surface area (Å²) in [6.07, 6.45) is 10.5. The molecule has 0 amide bonds. The Bertz CT molecular complexity index is 106. The molecule has 0 rings (SSSR count). The van der Waals surface area contributed by atoms with Gasteiger partial charge in [-0.25, -0.2) is 0 Å². The molecule has 112 valence electrons. The highest BCUT2D eigenvalue weighted by molar-refractivity contribution is 4.48. The lowest BCUT2D eigenvalue weighted by Gasteiger charge is -2.02.